The van der Waals surface area contributed by atoms with Crippen molar-refractivity contribution in [1.29, 1.82) is 5.26 Å². The topological polar surface area (TPSA) is 42.2 Å². The van der Waals surface area contributed by atoms with E-state index in [1.807, 2.05) is 6.07 Å². The number of hydrogen-bond donors (Lipinski definition) is 1. The molecule has 1 aromatic carbocycles. The lowest BCUT2D eigenvalue weighted by molar-refractivity contribution is 0.320. The standard InChI is InChI=1S/C12H13NO2S/c1-9(8-16)7-15-11-4-3-10(6-13)5-12(11)14-2/h3-5,16H,1,7-8H2,2H3. The summed E-state index contributed by atoms with van der Waals surface area (Å²) < 4.78 is 10.6. The van der Waals surface area contributed by atoms with E-state index in [-0.39, 0.29) is 0 Å². The van der Waals surface area contributed by atoms with Crippen LogP contribution in [0.25, 0.3) is 0 Å². The molecule has 0 aliphatic rings. The Hall–Kier alpha value is -1.60. The Kier molecular flexibility index (Phi) is 4.74. The molecule has 0 heterocycles. The van der Waals surface area contributed by atoms with Crippen molar-refractivity contribution in [3.63, 3.8) is 0 Å². The molecule has 0 atom stereocenters. The van der Waals surface area contributed by atoms with Gasteiger partial charge in [-0.2, -0.15) is 17.9 Å². The summed E-state index contributed by atoms with van der Waals surface area (Å²) in [4.78, 5) is 0. The van der Waals surface area contributed by atoms with Gasteiger partial charge in [0.15, 0.2) is 11.5 Å². The fourth-order valence-electron chi connectivity index (χ4n) is 1.08. The van der Waals surface area contributed by atoms with E-state index >= 15 is 0 Å². The Labute approximate surface area is 101 Å². The normalized spacial score (nSPS) is 9.31. The van der Waals surface area contributed by atoms with E-state index in [1.54, 1.807) is 18.2 Å². The lowest BCUT2D eigenvalue weighted by Crippen LogP contribution is -2.02. The minimum Gasteiger partial charge on any atom is -0.493 e. The summed E-state index contributed by atoms with van der Waals surface area (Å²) in [6.45, 7) is 4.18. The van der Waals surface area contributed by atoms with Gasteiger partial charge >= 0.3 is 0 Å². The summed E-state index contributed by atoms with van der Waals surface area (Å²) in [6.07, 6.45) is 0. The highest BCUT2D eigenvalue weighted by molar-refractivity contribution is 7.80. The molecule has 0 aliphatic heterocycles. The van der Waals surface area contributed by atoms with Crippen LogP contribution in [0.3, 0.4) is 0 Å². The number of methoxy groups -OCH3 is 1. The average Bonchev–Trinajstić information content (AvgIpc) is 2.35. The molecule has 0 bridgehead atoms. The van der Waals surface area contributed by atoms with E-state index in [9.17, 15) is 0 Å². The lowest BCUT2D eigenvalue weighted by atomic mass is 10.2. The third-order valence-corrected chi connectivity index (χ3v) is 2.40. The first kappa shape index (κ1) is 12.5. The Morgan fingerprint density at radius 1 is 1.50 bits per heavy atom. The molecule has 3 nitrogen and oxygen atoms in total. The summed E-state index contributed by atoms with van der Waals surface area (Å²) in [7, 11) is 1.54. The van der Waals surface area contributed by atoms with Gasteiger partial charge in [0.05, 0.1) is 18.7 Å². The minimum atomic E-state index is 0.395. The molecule has 0 aromatic heterocycles. The van der Waals surface area contributed by atoms with Gasteiger partial charge in [0.2, 0.25) is 0 Å². The number of nitrogens with zero attached hydrogens (tertiary/aromatic N) is 1. The Balaban J connectivity index is 2.80. The third-order valence-electron chi connectivity index (χ3n) is 1.95. The first-order chi connectivity index (χ1) is 7.71. The van der Waals surface area contributed by atoms with E-state index in [2.05, 4.69) is 19.2 Å². The molecule has 0 fully saturated rings. The van der Waals surface area contributed by atoms with Gasteiger partial charge in [-0.25, -0.2) is 0 Å². The lowest BCUT2D eigenvalue weighted by Gasteiger charge is -2.11. The van der Waals surface area contributed by atoms with Crippen molar-refractivity contribution in [2.45, 2.75) is 0 Å². The van der Waals surface area contributed by atoms with Crippen LogP contribution < -0.4 is 9.47 Å². The van der Waals surface area contributed by atoms with Crippen LogP contribution in [0.5, 0.6) is 11.5 Å². The SMILES string of the molecule is C=C(CS)COc1ccc(C#N)cc1OC. The van der Waals surface area contributed by atoms with Gasteiger partial charge in [0.25, 0.3) is 0 Å². The van der Waals surface area contributed by atoms with Crippen molar-refractivity contribution < 1.29 is 9.47 Å². The molecule has 0 N–H and O–H groups in total. The first-order valence-corrected chi connectivity index (χ1v) is 5.33. The Bertz CT molecular complexity index is 424. The summed E-state index contributed by atoms with van der Waals surface area (Å²) in [5.41, 5.74) is 1.42. The maximum atomic E-state index is 8.73. The molecule has 0 unspecified atom stereocenters. The monoisotopic (exact) mass is 235 g/mol. The third kappa shape index (κ3) is 3.21. The van der Waals surface area contributed by atoms with Gasteiger partial charge in [0.1, 0.15) is 6.61 Å². The molecule has 0 aliphatic carbocycles. The zero-order valence-electron chi connectivity index (χ0n) is 9.06. The second-order valence-corrected chi connectivity index (χ2v) is 3.49. The van der Waals surface area contributed by atoms with E-state index < -0.39 is 0 Å². The first-order valence-electron chi connectivity index (χ1n) is 4.69. The average molecular weight is 235 g/mol. The summed E-state index contributed by atoms with van der Waals surface area (Å²) in [6, 6.07) is 7.07. The van der Waals surface area contributed by atoms with Crippen molar-refractivity contribution in [1.82, 2.24) is 0 Å². The van der Waals surface area contributed by atoms with E-state index in [1.165, 1.54) is 7.11 Å². The molecule has 84 valence electrons. The van der Waals surface area contributed by atoms with Crippen LogP contribution in [0.2, 0.25) is 0 Å². The fourth-order valence-corrected chi connectivity index (χ4v) is 1.17. The molecular weight excluding hydrogens is 222 g/mol. The van der Waals surface area contributed by atoms with Crippen molar-refractivity contribution >= 4 is 12.6 Å². The highest BCUT2D eigenvalue weighted by Gasteiger charge is 2.05. The predicted octanol–water partition coefficient (Wildman–Crippen LogP) is 2.43. The summed E-state index contributed by atoms with van der Waals surface area (Å²) in [5.74, 6) is 1.73. The number of thiol groups is 1. The van der Waals surface area contributed by atoms with Crippen LogP contribution in [0.1, 0.15) is 5.56 Å². The van der Waals surface area contributed by atoms with Gasteiger partial charge in [-0.1, -0.05) is 6.58 Å². The second kappa shape index (κ2) is 6.09. The molecule has 16 heavy (non-hydrogen) atoms. The van der Waals surface area contributed by atoms with Gasteiger partial charge in [0, 0.05) is 11.8 Å². The van der Waals surface area contributed by atoms with Gasteiger partial charge in [-0.15, -0.1) is 0 Å². The molecule has 0 amide bonds. The zero-order valence-corrected chi connectivity index (χ0v) is 9.96. The molecule has 1 aromatic rings. The van der Waals surface area contributed by atoms with Crippen molar-refractivity contribution in [3.8, 4) is 17.6 Å². The van der Waals surface area contributed by atoms with E-state index in [0.717, 1.165) is 5.57 Å². The quantitative estimate of drug-likeness (QED) is 0.629. The van der Waals surface area contributed by atoms with Crippen LogP contribution in [0.15, 0.2) is 30.4 Å². The Morgan fingerprint density at radius 2 is 2.25 bits per heavy atom. The largest absolute Gasteiger partial charge is 0.493 e. The molecule has 0 saturated heterocycles. The van der Waals surface area contributed by atoms with Crippen molar-refractivity contribution in [2.24, 2.45) is 0 Å². The molecule has 0 radical (unpaired) electrons. The Morgan fingerprint density at radius 3 is 2.81 bits per heavy atom. The van der Waals surface area contributed by atoms with Crippen LogP contribution in [0.4, 0.5) is 0 Å². The summed E-state index contributed by atoms with van der Waals surface area (Å²) >= 11 is 4.09. The molecule has 0 saturated carbocycles. The van der Waals surface area contributed by atoms with Crippen LogP contribution in [-0.4, -0.2) is 19.5 Å². The van der Waals surface area contributed by atoms with Crippen molar-refractivity contribution in [3.05, 3.63) is 35.9 Å². The van der Waals surface area contributed by atoms with Gasteiger partial charge in [-0.3, -0.25) is 0 Å². The fraction of sp³-hybridized carbons (Fsp3) is 0.250. The number of nitriles is 1. The second-order valence-electron chi connectivity index (χ2n) is 3.17. The molecular formula is C12H13NO2S. The van der Waals surface area contributed by atoms with Gasteiger partial charge < -0.3 is 9.47 Å². The zero-order chi connectivity index (χ0) is 12.0. The molecule has 1 rings (SSSR count). The number of rotatable bonds is 5. The van der Waals surface area contributed by atoms with Gasteiger partial charge in [-0.05, 0) is 17.7 Å². The maximum Gasteiger partial charge on any atom is 0.162 e. The molecule has 0 spiro atoms. The highest BCUT2D eigenvalue weighted by Crippen LogP contribution is 2.28. The maximum absolute atomic E-state index is 8.73. The molecule has 4 heteroatoms. The number of ether oxygens (including phenoxy) is 2. The number of hydrogen-bond acceptors (Lipinski definition) is 4. The van der Waals surface area contributed by atoms with E-state index in [4.69, 9.17) is 14.7 Å². The number of benzene rings is 1. The van der Waals surface area contributed by atoms with E-state index in [0.29, 0.717) is 29.4 Å². The van der Waals surface area contributed by atoms with Crippen LogP contribution in [0, 0.1) is 11.3 Å². The minimum absolute atomic E-state index is 0.395. The summed E-state index contributed by atoms with van der Waals surface area (Å²) in [5, 5.41) is 8.73. The predicted molar refractivity (Wildman–Crippen MR) is 66.2 cm³/mol. The van der Waals surface area contributed by atoms with Crippen molar-refractivity contribution in [2.75, 3.05) is 19.5 Å². The highest BCUT2D eigenvalue weighted by atomic mass is 32.1. The van der Waals surface area contributed by atoms with Crippen LogP contribution >= 0.6 is 12.6 Å². The van der Waals surface area contributed by atoms with Crippen LogP contribution in [-0.2, 0) is 0 Å². The smallest absolute Gasteiger partial charge is 0.162 e.